The SMILES string of the molecule is CCCc1nc(-c2ccc3c(c2)N(Cc2cccc(C(=O)OC)c2)C(=O)C(C)O3)cs1. The third-order valence-corrected chi connectivity index (χ3v) is 6.08. The van der Waals surface area contributed by atoms with Gasteiger partial charge in [-0.3, -0.25) is 4.79 Å². The number of rotatable bonds is 6. The van der Waals surface area contributed by atoms with E-state index in [-0.39, 0.29) is 5.91 Å². The van der Waals surface area contributed by atoms with E-state index in [0.717, 1.165) is 34.7 Å². The van der Waals surface area contributed by atoms with Gasteiger partial charge in [0.1, 0.15) is 5.75 Å². The molecular weight excluding hydrogens is 412 g/mol. The lowest BCUT2D eigenvalue weighted by Crippen LogP contribution is -2.44. The summed E-state index contributed by atoms with van der Waals surface area (Å²) in [6, 6.07) is 12.9. The van der Waals surface area contributed by atoms with E-state index in [9.17, 15) is 9.59 Å². The average Bonchev–Trinajstić information content (AvgIpc) is 3.25. The third-order valence-electron chi connectivity index (χ3n) is 5.17. The van der Waals surface area contributed by atoms with Crippen LogP contribution in [-0.4, -0.2) is 30.1 Å². The van der Waals surface area contributed by atoms with E-state index in [1.807, 2.05) is 29.6 Å². The van der Waals surface area contributed by atoms with Gasteiger partial charge in [0.05, 0.1) is 35.6 Å². The van der Waals surface area contributed by atoms with Crippen molar-refractivity contribution in [1.29, 1.82) is 0 Å². The number of anilines is 1. The van der Waals surface area contributed by atoms with Crippen LogP contribution in [0.1, 0.15) is 41.2 Å². The first-order valence-corrected chi connectivity index (χ1v) is 11.1. The summed E-state index contributed by atoms with van der Waals surface area (Å²) in [7, 11) is 1.35. The van der Waals surface area contributed by atoms with E-state index in [1.54, 1.807) is 41.4 Å². The molecular formula is C24H24N2O4S. The van der Waals surface area contributed by atoms with Gasteiger partial charge in [-0.2, -0.15) is 0 Å². The molecule has 0 bridgehead atoms. The topological polar surface area (TPSA) is 68.7 Å². The van der Waals surface area contributed by atoms with Crippen molar-refractivity contribution in [3.8, 4) is 17.0 Å². The van der Waals surface area contributed by atoms with Crippen LogP contribution in [-0.2, 0) is 22.5 Å². The van der Waals surface area contributed by atoms with Crippen LogP contribution >= 0.6 is 11.3 Å². The Balaban J connectivity index is 1.69. The number of amides is 1. The summed E-state index contributed by atoms with van der Waals surface area (Å²) >= 11 is 1.65. The second-order valence-electron chi connectivity index (χ2n) is 7.44. The van der Waals surface area contributed by atoms with Gasteiger partial charge in [0.2, 0.25) is 0 Å². The molecule has 0 N–H and O–H groups in total. The summed E-state index contributed by atoms with van der Waals surface area (Å²) in [5, 5.41) is 3.15. The molecule has 0 aliphatic carbocycles. The number of aryl methyl sites for hydroxylation is 1. The largest absolute Gasteiger partial charge is 0.479 e. The van der Waals surface area contributed by atoms with Crippen LogP contribution in [0.25, 0.3) is 11.3 Å². The summed E-state index contributed by atoms with van der Waals surface area (Å²) in [6.45, 7) is 4.21. The first kappa shape index (κ1) is 21.1. The second-order valence-corrected chi connectivity index (χ2v) is 8.38. The Hall–Kier alpha value is -3.19. The average molecular weight is 437 g/mol. The predicted octanol–water partition coefficient (Wildman–Crippen LogP) is 4.86. The number of thiazole rings is 1. The Morgan fingerprint density at radius 2 is 2.10 bits per heavy atom. The minimum atomic E-state index is -0.586. The van der Waals surface area contributed by atoms with Gasteiger partial charge >= 0.3 is 5.97 Å². The smallest absolute Gasteiger partial charge is 0.337 e. The van der Waals surface area contributed by atoms with Gasteiger partial charge in [0.25, 0.3) is 5.91 Å². The van der Waals surface area contributed by atoms with Crippen LogP contribution in [0.3, 0.4) is 0 Å². The molecule has 0 saturated heterocycles. The molecule has 1 aliphatic heterocycles. The number of fused-ring (bicyclic) bond motifs is 1. The maximum Gasteiger partial charge on any atom is 0.337 e. The Morgan fingerprint density at radius 1 is 1.26 bits per heavy atom. The zero-order valence-corrected chi connectivity index (χ0v) is 18.6. The number of aromatic nitrogens is 1. The van der Waals surface area contributed by atoms with Crippen LogP contribution in [0.15, 0.2) is 47.8 Å². The standard InChI is InChI=1S/C24H24N2O4S/c1-4-6-22-25-19(14-31-22)17-9-10-21-20(12-17)26(23(27)15(2)30-21)13-16-7-5-8-18(11-16)24(28)29-3/h5,7-12,14-15H,4,6,13H2,1-3H3. The van der Waals surface area contributed by atoms with E-state index >= 15 is 0 Å². The number of esters is 1. The summed E-state index contributed by atoms with van der Waals surface area (Å²) in [4.78, 5) is 31.3. The molecule has 31 heavy (non-hydrogen) atoms. The minimum absolute atomic E-state index is 0.127. The molecule has 1 unspecified atom stereocenters. The molecule has 2 aromatic carbocycles. The number of nitrogens with zero attached hydrogens (tertiary/aromatic N) is 2. The molecule has 1 aromatic heterocycles. The highest BCUT2D eigenvalue weighted by molar-refractivity contribution is 7.09. The molecule has 0 fully saturated rings. The number of benzene rings is 2. The molecule has 3 aromatic rings. The van der Waals surface area contributed by atoms with Gasteiger partial charge in [-0.05, 0) is 55.7 Å². The molecule has 1 amide bonds. The summed E-state index contributed by atoms with van der Waals surface area (Å²) in [5.74, 6) is 0.125. The first-order valence-electron chi connectivity index (χ1n) is 10.2. The van der Waals surface area contributed by atoms with Crippen molar-refractivity contribution in [1.82, 2.24) is 4.98 Å². The van der Waals surface area contributed by atoms with E-state index in [1.165, 1.54) is 7.11 Å². The molecule has 0 spiro atoms. The molecule has 160 valence electrons. The van der Waals surface area contributed by atoms with Crippen LogP contribution in [0.5, 0.6) is 5.75 Å². The van der Waals surface area contributed by atoms with Crippen molar-refractivity contribution < 1.29 is 19.1 Å². The molecule has 6 nitrogen and oxygen atoms in total. The Bertz CT molecular complexity index is 1120. The molecule has 0 radical (unpaired) electrons. The fourth-order valence-corrected chi connectivity index (χ4v) is 4.51. The number of hydrogen-bond donors (Lipinski definition) is 0. The third kappa shape index (κ3) is 4.32. The lowest BCUT2D eigenvalue weighted by atomic mass is 10.1. The second kappa shape index (κ2) is 8.89. The van der Waals surface area contributed by atoms with Crippen molar-refractivity contribution in [3.05, 3.63) is 64.0 Å². The van der Waals surface area contributed by atoms with E-state index in [4.69, 9.17) is 14.5 Å². The Labute approximate surface area is 185 Å². The zero-order chi connectivity index (χ0) is 22.0. The lowest BCUT2D eigenvalue weighted by Gasteiger charge is -2.33. The van der Waals surface area contributed by atoms with Gasteiger partial charge in [0, 0.05) is 10.9 Å². The lowest BCUT2D eigenvalue weighted by molar-refractivity contribution is -0.125. The normalized spacial score (nSPS) is 15.4. The van der Waals surface area contributed by atoms with Crippen LogP contribution in [0, 0.1) is 0 Å². The zero-order valence-electron chi connectivity index (χ0n) is 17.8. The highest BCUT2D eigenvalue weighted by atomic mass is 32.1. The summed E-state index contributed by atoms with van der Waals surface area (Å²) < 4.78 is 10.7. The van der Waals surface area contributed by atoms with Gasteiger partial charge < -0.3 is 14.4 Å². The van der Waals surface area contributed by atoms with Crippen molar-refractivity contribution in [3.63, 3.8) is 0 Å². The van der Waals surface area contributed by atoms with Crippen LogP contribution < -0.4 is 9.64 Å². The molecule has 0 saturated carbocycles. The number of carbonyl (C=O) groups excluding carboxylic acids is 2. The fourth-order valence-electron chi connectivity index (χ4n) is 3.60. The Morgan fingerprint density at radius 3 is 2.87 bits per heavy atom. The predicted molar refractivity (Wildman–Crippen MR) is 121 cm³/mol. The van der Waals surface area contributed by atoms with Gasteiger partial charge in [-0.25, -0.2) is 9.78 Å². The number of methoxy groups -OCH3 is 1. The number of hydrogen-bond acceptors (Lipinski definition) is 6. The highest BCUT2D eigenvalue weighted by Crippen LogP contribution is 2.38. The van der Waals surface area contributed by atoms with Crippen LogP contribution in [0.2, 0.25) is 0 Å². The number of carbonyl (C=O) groups is 2. The van der Waals surface area contributed by atoms with Gasteiger partial charge in [0.15, 0.2) is 6.10 Å². The van der Waals surface area contributed by atoms with E-state index in [0.29, 0.717) is 23.5 Å². The minimum Gasteiger partial charge on any atom is -0.479 e. The summed E-state index contributed by atoms with van der Waals surface area (Å²) in [6.07, 6.45) is 1.42. The van der Waals surface area contributed by atoms with Crippen molar-refractivity contribution in [2.24, 2.45) is 0 Å². The number of ether oxygens (including phenoxy) is 2. The van der Waals surface area contributed by atoms with Crippen LogP contribution in [0.4, 0.5) is 5.69 Å². The van der Waals surface area contributed by atoms with Gasteiger partial charge in [-0.15, -0.1) is 11.3 Å². The molecule has 7 heteroatoms. The Kier molecular flexibility index (Phi) is 6.04. The quantitative estimate of drug-likeness (QED) is 0.516. The maximum absolute atomic E-state index is 13.0. The fraction of sp³-hybridized carbons (Fsp3) is 0.292. The maximum atomic E-state index is 13.0. The van der Waals surface area contributed by atoms with Crippen molar-refractivity contribution in [2.75, 3.05) is 12.0 Å². The molecule has 2 heterocycles. The van der Waals surface area contributed by atoms with Crippen molar-refractivity contribution >= 4 is 28.9 Å². The summed E-state index contributed by atoms with van der Waals surface area (Å²) in [5.41, 5.74) is 3.83. The molecule has 1 atom stereocenters. The van der Waals surface area contributed by atoms with Gasteiger partial charge in [-0.1, -0.05) is 19.1 Å². The van der Waals surface area contributed by atoms with E-state index < -0.39 is 12.1 Å². The first-order chi connectivity index (χ1) is 15.0. The molecule has 1 aliphatic rings. The molecule has 4 rings (SSSR count). The highest BCUT2D eigenvalue weighted by Gasteiger charge is 2.32. The van der Waals surface area contributed by atoms with Crippen molar-refractivity contribution in [2.45, 2.75) is 39.3 Å². The van der Waals surface area contributed by atoms with E-state index in [2.05, 4.69) is 6.92 Å². The monoisotopic (exact) mass is 436 g/mol.